The Hall–Kier alpha value is -0.600. The van der Waals surface area contributed by atoms with E-state index in [4.69, 9.17) is 23.2 Å². The third-order valence-electron chi connectivity index (χ3n) is 1.64. The number of halogens is 2. The molecule has 1 rings (SSSR count). The average molecular weight is 218 g/mol. The van der Waals surface area contributed by atoms with Gasteiger partial charge in [-0.05, 0) is 25.0 Å². The first-order valence-electron chi connectivity index (χ1n) is 3.90. The molecule has 0 atom stereocenters. The summed E-state index contributed by atoms with van der Waals surface area (Å²) in [4.78, 5) is 14.6. The van der Waals surface area contributed by atoms with Crippen molar-refractivity contribution in [3.8, 4) is 0 Å². The largest absolute Gasteiger partial charge is 0.300 e. The van der Waals surface area contributed by atoms with Crippen molar-refractivity contribution in [2.24, 2.45) is 0 Å². The second-order valence-electron chi connectivity index (χ2n) is 2.79. The average Bonchev–Trinajstić information content (AvgIpc) is 2.02. The minimum atomic E-state index is 0.144. The van der Waals surface area contributed by atoms with Crippen LogP contribution in [-0.2, 0) is 11.2 Å². The van der Waals surface area contributed by atoms with Crippen LogP contribution in [0.4, 0.5) is 0 Å². The fraction of sp³-hybridized carbons (Fsp3) is 0.333. The first-order chi connectivity index (χ1) is 6.09. The van der Waals surface area contributed by atoms with Gasteiger partial charge in [0.05, 0.1) is 0 Å². The molecule has 0 aliphatic carbocycles. The zero-order valence-corrected chi connectivity index (χ0v) is 8.69. The lowest BCUT2D eigenvalue weighted by atomic mass is 10.1. The normalized spacial score (nSPS) is 10.1. The van der Waals surface area contributed by atoms with Gasteiger partial charge >= 0.3 is 0 Å². The summed E-state index contributed by atoms with van der Waals surface area (Å²) in [6.45, 7) is 1.55. The van der Waals surface area contributed by atoms with Crippen molar-refractivity contribution in [2.75, 3.05) is 0 Å². The van der Waals surface area contributed by atoms with Crippen molar-refractivity contribution < 1.29 is 4.79 Å². The molecule has 4 heteroatoms. The van der Waals surface area contributed by atoms with Gasteiger partial charge in [-0.15, -0.1) is 0 Å². The zero-order valence-electron chi connectivity index (χ0n) is 7.18. The van der Waals surface area contributed by atoms with Gasteiger partial charge in [0.1, 0.15) is 16.1 Å². The zero-order chi connectivity index (χ0) is 9.84. The Bertz CT molecular complexity index is 325. The number of rotatable bonds is 3. The standard InChI is InChI=1S/C9H9Cl2NO/c1-6(13)2-3-7-4-5-8(10)12-9(7)11/h4-5H,2-3H2,1H3. The van der Waals surface area contributed by atoms with E-state index in [1.807, 2.05) is 0 Å². The topological polar surface area (TPSA) is 30.0 Å². The summed E-state index contributed by atoms with van der Waals surface area (Å²) in [6, 6.07) is 3.46. The SMILES string of the molecule is CC(=O)CCc1ccc(Cl)nc1Cl. The molecule has 0 bridgehead atoms. The van der Waals surface area contributed by atoms with Gasteiger partial charge in [0.25, 0.3) is 0 Å². The molecule has 0 aliphatic heterocycles. The maximum Gasteiger partial charge on any atom is 0.134 e. The summed E-state index contributed by atoms with van der Waals surface area (Å²) in [7, 11) is 0. The summed E-state index contributed by atoms with van der Waals surface area (Å²) < 4.78 is 0. The lowest BCUT2D eigenvalue weighted by molar-refractivity contribution is -0.116. The molecule has 0 unspecified atom stereocenters. The van der Waals surface area contributed by atoms with E-state index in [9.17, 15) is 4.79 Å². The maximum absolute atomic E-state index is 10.7. The summed E-state index contributed by atoms with van der Waals surface area (Å²) >= 11 is 11.4. The molecule has 1 heterocycles. The summed E-state index contributed by atoms with van der Waals surface area (Å²) in [6.07, 6.45) is 1.11. The van der Waals surface area contributed by atoms with E-state index < -0.39 is 0 Å². The molecule has 1 aromatic heterocycles. The van der Waals surface area contributed by atoms with E-state index in [1.54, 1.807) is 19.1 Å². The van der Waals surface area contributed by atoms with Crippen LogP contribution in [0.15, 0.2) is 12.1 Å². The minimum absolute atomic E-state index is 0.144. The summed E-state index contributed by atoms with van der Waals surface area (Å²) in [5.74, 6) is 0.144. The first kappa shape index (κ1) is 10.5. The van der Waals surface area contributed by atoms with E-state index in [-0.39, 0.29) is 5.78 Å². The fourth-order valence-corrected chi connectivity index (χ4v) is 1.38. The van der Waals surface area contributed by atoms with Crippen LogP contribution in [-0.4, -0.2) is 10.8 Å². The maximum atomic E-state index is 10.7. The lowest BCUT2D eigenvalue weighted by Gasteiger charge is -2.01. The number of ketones is 1. The van der Waals surface area contributed by atoms with E-state index in [2.05, 4.69) is 4.98 Å². The third-order valence-corrected chi connectivity index (χ3v) is 2.18. The smallest absolute Gasteiger partial charge is 0.134 e. The highest BCUT2D eigenvalue weighted by Gasteiger charge is 2.03. The number of carbonyl (C=O) groups is 1. The van der Waals surface area contributed by atoms with E-state index >= 15 is 0 Å². The second-order valence-corrected chi connectivity index (χ2v) is 3.53. The Morgan fingerprint density at radius 3 is 2.69 bits per heavy atom. The van der Waals surface area contributed by atoms with Crippen molar-refractivity contribution in [3.63, 3.8) is 0 Å². The van der Waals surface area contributed by atoms with Gasteiger partial charge in [0, 0.05) is 6.42 Å². The number of pyridine rings is 1. The minimum Gasteiger partial charge on any atom is -0.300 e. The van der Waals surface area contributed by atoms with Crippen LogP contribution in [0.25, 0.3) is 0 Å². The predicted octanol–water partition coefficient (Wildman–Crippen LogP) is 2.91. The molecule has 0 fully saturated rings. The van der Waals surface area contributed by atoms with Crippen molar-refractivity contribution in [1.82, 2.24) is 4.98 Å². The molecule has 70 valence electrons. The molecule has 0 radical (unpaired) electrons. The van der Waals surface area contributed by atoms with E-state index in [0.29, 0.717) is 23.1 Å². The fourth-order valence-electron chi connectivity index (χ4n) is 0.938. The molecule has 13 heavy (non-hydrogen) atoms. The summed E-state index contributed by atoms with van der Waals surface area (Å²) in [5, 5.41) is 0.755. The van der Waals surface area contributed by atoms with Gasteiger partial charge < -0.3 is 4.79 Å². The highest BCUT2D eigenvalue weighted by atomic mass is 35.5. The molecule has 0 N–H and O–H groups in total. The van der Waals surface area contributed by atoms with E-state index in [0.717, 1.165) is 5.56 Å². The van der Waals surface area contributed by atoms with Gasteiger partial charge in [-0.3, -0.25) is 0 Å². The number of aromatic nitrogens is 1. The molecular formula is C9H9Cl2NO. The van der Waals surface area contributed by atoms with Crippen LogP contribution >= 0.6 is 23.2 Å². The van der Waals surface area contributed by atoms with Crippen LogP contribution in [0.2, 0.25) is 10.3 Å². The van der Waals surface area contributed by atoms with Crippen LogP contribution in [0, 0.1) is 0 Å². The van der Waals surface area contributed by atoms with Crippen molar-refractivity contribution in [2.45, 2.75) is 19.8 Å². The van der Waals surface area contributed by atoms with Gasteiger partial charge in [0.15, 0.2) is 0 Å². The van der Waals surface area contributed by atoms with Crippen LogP contribution in [0.1, 0.15) is 18.9 Å². The Kier molecular flexibility index (Phi) is 3.70. The van der Waals surface area contributed by atoms with E-state index in [1.165, 1.54) is 0 Å². The number of nitrogens with zero attached hydrogens (tertiary/aromatic N) is 1. The first-order valence-corrected chi connectivity index (χ1v) is 4.65. The molecular weight excluding hydrogens is 209 g/mol. The molecule has 1 aromatic rings. The Morgan fingerprint density at radius 2 is 2.15 bits per heavy atom. The molecule has 0 saturated heterocycles. The Morgan fingerprint density at radius 1 is 1.46 bits per heavy atom. The molecule has 0 aromatic carbocycles. The highest BCUT2D eigenvalue weighted by Crippen LogP contribution is 2.17. The molecule has 2 nitrogen and oxygen atoms in total. The van der Waals surface area contributed by atoms with Gasteiger partial charge in [-0.2, -0.15) is 0 Å². The summed E-state index contributed by atoms with van der Waals surface area (Å²) in [5.41, 5.74) is 0.862. The number of aryl methyl sites for hydroxylation is 1. The van der Waals surface area contributed by atoms with Crippen LogP contribution in [0.3, 0.4) is 0 Å². The monoisotopic (exact) mass is 217 g/mol. The highest BCUT2D eigenvalue weighted by molar-refractivity contribution is 6.32. The number of Topliss-reactive ketones (excluding diaryl/α,β-unsaturated/α-hetero) is 1. The Balaban J connectivity index is 2.72. The van der Waals surface area contributed by atoms with Crippen molar-refractivity contribution >= 4 is 29.0 Å². The molecule has 0 saturated carbocycles. The lowest BCUT2D eigenvalue weighted by Crippen LogP contribution is -1.95. The Labute approximate surface area is 86.9 Å². The number of hydrogen-bond donors (Lipinski definition) is 0. The van der Waals surface area contributed by atoms with Gasteiger partial charge in [0.2, 0.25) is 0 Å². The second kappa shape index (κ2) is 4.58. The van der Waals surface area contributed by atoms with Gasteiger partial charge in [-0.1, -0.05) is 29.3 Å². The number of carbonyl (C=O) groups excluding carboxylic acids is 1. The quantitative estimate of drug-likeness (QED) is 0.730. The molecule has 0 spiro atoms. The van der Waals surface area contributed by atoms with Crippen LogP contribution < -0.4 is 0 Å². The molecule has 0 aliphatic rings. The van der Waals surface area contributed by atoms with Gasteiger partial charge in [-0.25, -0.2) is 4.98 Å². The van der Waals surface area contributed by atoms with Crippen molar-refractivity contribution in [3.05, 3.63) is 28.0 Å². The van der Waals surface area contributed by atoms with Crippen LogP contribution in [0.5, 0.6) is 0 Å². The van der Waals surface area contributed by atoms with Crippen molar-refractivity contribution in [1.29, 1.82) is 0 Å². The number of hydrogen-bond acceptors (Lipinski definition) is 2. The molecule has 0 amide bonds. The predicted molar refractivity (Wildman–Crippen MR) is 53.3 cm³/mol. The third kappa shape index (κ3) is 3.33.